The lowest BCUT2D eigenvalue weighted by Gasteiger charge is -2.20. The number of carbonyl (C=O) groups is 1. The molecule has 1 aromatic heterocycles. The minimum absolute atomic E-state index is 0.0366. The Bertz CT molecular complexity index is 663. The van der Waals surface area contributed by atoms with E-state index in [1.807, 2.05) is 13.0 Å². The number of halogens is 3. The average Bonchev–Trinajstić information content (AvgIpc) is 2.91. The molecule has 0 N–H and O–H groups in total. The van der Waals surface area contributed by atoms with E-state index in [4.69, 9.17) is 27.9 Å². The molecule has 0 radical (unpaired) electrons. The highest BCUT2D eigenvalue weighted by Gasteiger charge is 2.14. The van der Waals surface area contributed by atoms with Gasteiger partial charge in [-0.15, -0.1) is 11.3 Å². The molecule has 0 aliphatic carbocycles. The minimum Gasteiger partial charge on any atom is -0.484 e. The topological polar surface area (TPSA) is 29.5 Å². The zero-order valence-corrected chi connectivity index (χ0v) is 14.1. The molecule has 118 valence electrons. The second kappa shape index (κ2) is 7.81. The fourth-order valence-electron chi connectivity index (χ4n) is 1.80. The molecule has 0 bridgehead atoms. The van der Waals surface area contributed by atoms with E-state index in [1.54, 1.807) is 11.0 Å². The molecule has 1 aromatic carbocycles. The SMILES string of the molecule is CCN(Cc1ccc(Cl)s1)C(=O)COc1ccc(F)c(Cl)c1. The van der Waals surface area contributed by atoms with Crippen LogP contribution in [-0.4, -0.2) is 24.0 Å². The van der Waals surface area contributed by atoms with E-state index in [-0.39, 0.29) is 17.5 Å². The second-order valence-electron chi connectivity index (χ2n) is 4.48. The summed E-state index contributed by atoms with van der Waals surface area (Å²) < 4.78 is 19.1. The van der Waals surface area contributed by atoms with Crippen molar-refractivity contribution in [2.45, 2.75) is 13.5 Å². The van der Waals surface area contributed by atoms with Crippen molar-refractivity contribution < 1.29 is 13.9 Å². The highest BCUT2D eigenvalue weighted by molar-refractivity contribution is 7.16. The van der Waals surface area contributed by atoms with E-state index in [1.165, 1.54) is 29.5 Å². The van der Waals surface area contributed by atoms with Crippen molar-refractivity contribution in [1.82, 2.24) is 4.90 Å². The third-order valence-electron chi connectivity index (χ3n) is 2.96. The Hall–Kier alpha value is -1.30. The number of hydrogen-bond acceptors (Lipinski definition) is 3. The van der Waals surface area contributed by atoms with Crippen molar-refractivity contribution in [3.63, 3.8) is 0 Å². The minimum atomic E-state index is -0.523. The number of benzene rings is 1. The zero-order valence-electron chi connectivity index (χ0n) is 11.8. The first-order valence-corrected chi connectivity index (χ1v) is 8.16. The van der Waals surface area contributed by atoms with Crippen molar-refractivity contribution in [3.05, 3.63) is 50.4 Å². The molecule has 0 saturated heterocycles. The maximum atomic E-state index is 13.1. The molecule has 0 aliphatic rings. The molecule has 3 nitrogen and oxygen atoms in total. The quantitative estimate of drug-likeness (QED) is 0.750. The first-order valence-electron chi connectivity index (χ1n) is 6.59. The lowest BCUT2D eigenvalue weighted by Crippen LogP contribution is -2.34. The van der Waals surface area contributed by atoms with Crippen LogP contribution in [0.5, 0.6) is 5.75 Å². The van der Waals surface area contributed by atoms with Gasteiger partial charge in [-0.25, -0.2) is 4.39 Å². The summed E-state index contributed by atoms with van der Waals surface area (Å²) in [5.41, 5.74) is 0. The van der Waals surface area contributed by atoms with Crippen molar-refractivity contribution >= 4 is 40.4 Å². The molecular formula is C15H14Cl2FNO2S. The molecule has 2 aromatic rings. The second-order valence-corrected chi connectivity index (χ2v) is 6.69. The molecule has 0 spiro atoms. The number of ether oxygens (including phenoxy) is 1. The number of carbonyl (C=O) groups excluding carboxylic acids is 1. The van der Waals surface area contributed by atoms with Crippen molar-refractivity contribution in [2.75, 3.05) is 13.2 Å². The summed E-state index contributed by atoms with van der Waals surface area (Å²) in [7, 11) is 0. The summed E-state index contributed by atoms with van der Waals surface area (Å²) in [5.74, 6) is -0.326. The Morgan fingerprint density at radius 3 is 2.68 bits per heavy atom. The molecule has 22 heavy (non-hydrogen) atoms. The summed E-state index contributed by atoms with van der Waals surface area (Å²) >= 11 is 13.0. The standard InChI is InChI=1S/C15H14Cl2FNO2S/c1-2-19(8-11-4-6-14(17)22-11)15(20)9-21-10-3-5-13(18)12(16)7-10/h3-7H,2,8-9H2,1H3. The Kier molecular flexibility index (Phi) is 6.06. The van der Waals surface area contributed by atoms with Gasteiger partial charge in [0.1, 0.15) is 11.6 Å². The van der Waals surface area contributed by atoms with Gasteiger partial charge in [0, 0.05) is 17.5 Å². The predicted octanol–water partition coefficient (Wildman–Crippen LogP) is 4.62. The van der Waals surface area contributed by atoms with Gasteiger partial charge < -0.3 is 9.64 Å². The van der Waals surface area contributed by atoms with Crippen LogP contribution in [0, 0.1) is 5.82 Å². The van der Waals surface area contributed by atoms with Crippen LogP contribution < -0.4 is 4.74 Å². The monoisotopic (exact) mass is 361 g/mol. The third-order valence-corrected chi connectivity index (χ3v) is 4.47. The number of thiophene rings is 1. The van der Waals surface area contributed by atoms with Gasteiger partial charge in [0.05, 0.1) is 15.9 Å². The summed E-state index contributed by atoms with van der Waals surface area (Å²) in [6, 6.07) is 7.68. The van der Waals surface area contributed by atoms with Crippen LogP contribution in [0.15, 0.2) is 30.3 Å². The van der Waals surface area contributed by atoms with Crippen LogP contribution in [0.1, 0.15) is 11.8 Å². The van der Waals surface area contributed by atoms with E-state index in [2.05, 4.69) is 0 Å². The molecule has 0 atom stereocenters. The summed E-state index contributed by atoms with van der Waals surface area (Å²) in [6.07, 6.45) is 0. The first kappa shape index (κ1) is 17.1. The number of nitrogens with zero attached hydrogens (tertiary/aromatic N) is 1. The molecule has 1 amide bonds. The number of rotatable bonds is 6. The smallest absolute Gasteiger partial charge is 0.260 e. The lowest BCUT2D eigenvalue weighted by molar-refractivity contribution is -0.133. The fraction of sp³-hybridized carbons (Fsp3) is 0.267. The Morgan fingerprint density at radius 1 is 1.32 bits per heavy atom. The normalized spacial score (nSPS) is 10.5. The van der Waals surface area contributed by atoms with Crippen molar-refractivity contribution in [3.8, 4) is 5.75 Å². The van der Waals surface area contributed by atoms with Gasteiger partial charge in [-0.2, -0.15) is 0 Å². The van der Waals surface area contributed by atoms with Crippen molar-refractivity contribution in [1.29, 1.82) is 0 Å². The average molecular weight is 362 g/mol. The molecular weight excluding hydrogens is 348 g/mol. The fourth-order valence-corrected chi connectivity index (χ4v) is 3.08. The van der Waals surface area contributed by atoms with Crippen LogP contribution in [0.25, 0.3) is 0 Å². The number of likely N-dealkylation sites (N-methyl/N-ethyl adjacent to an activating group) is 1. The predicted molar refractivity (Wildman–Crippen MR) is 87.3 cm³/mol. The molecule has 1 heterocycles. The zero-order chi connectivity index (χ0) is 16.1. The summed E-state index contributed by atoms with van der Waals surface area (Å²) in [6.45, 7) is 2.80. The van der Waals surface area contributed by atoms with Crippen LogP contribution in [0.3, 0.4) is 0 Å². The molecule has 7 heteroatoms. The summed E-state index contributed by atoms with van der Waals surface area (Å²) in [4.78, 5) is 14.8. The lowest BCUT2D eigenvalue weighted by atomic mass is 10.3. The highest BCUT2D eigenvalue weighted by Crippen LogP contribution is 2.23. The van der Waals surface area contributed by atoms with E-state index in [0.29, 0.717) is 23.2 Å². The van der Waals surface area contributed by atoms with Crippen LogP contribution in [0.2, 0.25) is 9.36 Å². The molecule has 0 fully saturated rings. The molecule has 2 rings (SSSR count). The number of amides is 1. The third kappa shape index (κ3) is 4.60. The van der Waals surface area contributed by atoms with Crippen LogP contribution in [0.4, 0.5) is 4.39 Å². The maximum absolute atomic E-state index is 13.1. The maximum Gasteiger partial charge on any atom is 0.260 e. The van der Waals surface area contributed by atoms with Crippen molar-refractivity contribution in [2.24, 2.45) is 0 Å². The first-order chi connectivity index (χ1) is 10.5. The Labute approximate surface area is 142 Å². The summed E-state index contributed by atoms with van der Waals surface area (Å²) in [5, 5.41) is -0.0366. The Morgan fingerprint density at radius 2 is 2.09 bits per heavy atom. The van der Waals surface area contributed by atoms with Gasteiger partial charge in [0.15, 0.2) is 6.61 Å². The van der Waals surface area contributed by atoms with Crippen LogP contribution in [-0.2, 0) is 11.3 Å². The molecule has 0 unspecified atom stereocenters. The van der Waals surface area contributed by atoms with Crippen LogP contribution >= 0.6 is 34.5 Å². The van der Waals surface area contributed by atoms with Gasteiger partial charge in [-0.1, -0.05) is 23.2 Å². The van der Waals surface area contributed by atoms with Gasteiger partial charge in [-0.3, -0.25) is 4.79 Å². The van der Waals surface area contributed by atoms with E-state index < -0.39 is 5.82 Å². The van der Waals surface area contributed by atoms with E-state index in [0.717, 1.165) is 4.88 Å². The van der Waals surface area contributed by atoms with E-state index >= 15 is 0 Å². The largest absolute Gasteiger partial charge is 0.484 e. The molecule has 0 saturated carbocycles. The number of hydrogen-bond donors (Lipinski definition) is 0. The van der Waals surface area contributed by atoms with Gasteiger partial charge in [0.2, 0.25) is 0 Å². The van der Waals surface area contributed by atoms with Gasteiger partial charge >= 0.3 is 0 Å². The van der Waals surface area contributed by atoms with Gasteiger partial charge in [0.25, 0.3) is 5.91 Å². The van der Waals surface area contributed by atoms with E-state index in [9.17, 15) is 9.18 Å². The Balaban J connectivity index is 1.92. The van der Waals surface area contributed by atoms with Gasteiger partial charge in [-0.05, 0) is 31.2 Å². The molecule has 0 aliphatic heterocycles. The highest BCUT2D eigenvalue weighted by atomic mass is 35.5.